The molecular formula is C11H8BrF2NO2S2. The van der Waals surface area contributed by atoms with Gasteiger partial charge in [0.2, 0.25) is 10.0 Å². The lowest BCUT2D eigenvalue weighted by Crippen LogP contribution is -2.24. The highest BCUT2D eigenvalue weighted by atomic mass is 79.9. The lowest BCUT2D eigenvalue weighted by molar-refractivity contribution is 0.541. The van der Waals surface area contributed by atoms with Gasteiger partial charge in [0.05, 0.1) is 0 Å². The summed E-state index contributed by atoms with van der Waals surface area (Å²) >= 11 is 4.23. The van der Waals surface area contributed by atoms with Crippen LogP contribution in [0, 0.1) is 11.6 Å². The number of nitrogens with one attached hydrogen (secondary N) is 1. The van der Waals surface area contributed by atoms with Crippen LogP contribution in [0.5, 0.6) is 0 Å². The fourth-order valence-corrected chi connectivity index (χ4v) is 4.34. The van der Waals surface area contributed by atoms with Gasteiger partial charge in [-0.2, -0.15) is 0 Å². The molecule has 1 aromatic heterocycles. The Bertz CT molecular complexity index is 664. The zero-order valence-corrected chi connectivity index (χ0v) is 12.6. The molecule has 8 heteroatoms. The zero-order valence-electron chi connectivity index (χ0n) is 9.36. The van der Waals surface area contributed by atoms with Crippen LogP contribution >= 0.6 is 27.3 Å². The molecule has 1 aromatic carbocycles. The Hall–Kier alpha value is -0.830. The smallest absolute Gasteiger partial charge is 0.207 e. The van der Waals surface area contributed by atoms with Gasteiger partial charge in [0.1, 0.15) is 16.5 Å². The minimum atomic E-state index is -4.05. The summed E-state index contributed by atoms with van der Waals surface area (Å²) in [6, 6.07) is 4.97. The van der Waals surface area contributed by atoms with E-state index in [1.807, 2.05) is 0 Å². The number of sulfonamides is 1. The molecule has 102 valence electrons. The van der Waals surface area contributed by atoms with Gasteiger partial charge >= 0.3 is 0 Å². The van der Waals surface area contributed by atoms with Crippen LogP contribution in [0.4, 0.5) is 8.78 Å². The van der Waals surface area contributed by atoms with Gasteiger partial charge in [0.15, 0.2) is 0 Å². The highest BCUT2D eigenvalue weighted by Crippen LogP contribution is 2.26. The van der Waals surface area contributed by atoms with Gasteiger partial charge in [-0.15, -0.1) is 11.3 Å². The molecular weight excluding hydrogens is 360 g/mol. The number of hydrogen-bond donors (Lipinski definition) is 1. The predicted molar refractivity (Wildman–Crippen MR) is 72.4 cm³/mol. The first-order valence-electron chi connectivity index (χ1n) is 5.07. The van der Waals surface area contributed by atoms with Crippen molar-refractivity contribution in [2.45, 2.75) is 11.4 Å². The van der Waals surface area contributed by atoms with Gasteiger partial charge in [-0.1, -0.05) is 6.07 Å². The lowest BCUT2D eigenvalue weighted by Gasteiger charge is -2.09. The summed E-state index contributed by atoms with van der Waals surface area (Å²) in [5.41, 5.74) is 0. The Morgan fingerprint density at radius 1 is 1.32 bits per heavy atom. The summed E-state index contributed by atoms with van der Waals surface area (Å²) in [6.07, 6.45) is 0. The Balaban J connectivity index is 2.29. The van der Waals surface area contributed by atoms with Gasteiger partial charge < -0.3 is 0 Å². The second kappa shape index (κ2) is 5.66. The zero-order chi connectivity index (χ0) is 14.0. The topological polar surface area (TPSA) is 46.2 Å². The molecule has 0 atom stereocenters. The molecule has 2 aromatic rings. The average Bonchev–Trinajstić information content (AvgIpc) is 2.77. The first-order chi connectivity index (χ1) is 8.90. The first-order valence-corrected chi connectivity index (χ1v) is 8.22. The lowest BCUT2D eigenvalue weighted by atomic mass is 10.3. The minimum Gasteiger partial charge on any atom is -0.207 e. The van der Waals surface area contributed by atoms with Crippen molar-refractivity contribution < 1.29 is 17.2 Å². The van der Waals surface area contributed by atoms with Crippen molar-refractivity contribution in [3.63, 3.8) is 0 Å². The Morgan fingerprint density at radius 3 is 2.63 bits per heavy atom. The van der Waals surface area contributed by atoms with Gasteiger partial charge in [-0.25, -0.2) is 21.9 Å². The molecule has 1 N–H and O–H groups in total. The number of rotatable bonds is 4. The van der Waals surface area contributed by atoms with Crippen LogP contribution in [0.3, 0.4) is 0 Å². The Kier molecular flexibility index (Phi) is 4.34. The molecule has 0 unspecified atom stereocenters. The quantitative estimate of drug-likeness (QED) is 0.901. The molecule has 0 amide bonds. The van der Waals surface area contributed by atoms with Crippen molar-refractivity contribution in [2.24, 2.45) is 0 Å². The van der Waals surface area contributed by atoms with Crippen molar-refractivity contribution in [3.8, 4) is 0 Å². The Labute approximate surface area is 121 Å². The standard InChI is InChI=1S/C11H8BrF2NO2S2/c12-9-4-7(13)5-10(14)11(9)19(16,17)15-6-8-2-1-3-18-8/h1-5,15H,6H2. The number of hydrogen-bond acceptors (Lipinski definition) is 3. The molecule has 19 heavy (non-hydrogen) atoms. The van der Waals surface area contributed by atoms with Crippen molar-refractivity contribution in [1.29, 1.82) is 0 Å². The van der Waals surface area contributed by atoms with Crippen LogP contribution in [0.25, 0.3) is 0 Å². The van der Waals surface area contributed by atoms with E-state index in [1.165, 1.54) is 11.3 Å². The fourth-order valence-electron chi connectivity index (χ4n) is 1.44. The second-order valence-corrected chi connectivity index (χ2v) is 7.19. The van der Waals surface area contributed by atoms with Crippen molar-refractivity contribution in [2.75, 3.05) is 0 Å². The monoisotopic (exact) mass is 367 g/mol. The van der Waals surface area contributed by atoms with Crippen LogP contribution in [0.2, 0.25) is 0 Å². The second-order valence-electron chi connectivity index (χ2n) is 3.60. The third kappa shape index (κ3) is 3.38. The van der Waals surface area contributed by atoms with E-state index in [0.717, 1.165) is 10.9 Å². The number of benzene rings is 1. The molecule has 0 aliphatic rings. The summed E-state index contributed by atoms with van der Waals surface area (Å²) in [7, 11) is -4.05. The molecule has 0 radical (unpaired) electrons. The maximum absolute atomic E-state index is 13.6. The van der Waals surface area contributed by atoms with Crippen LogP contribution < -0.4 is 4.72 Å². The highest BCUT2D eigenvalue weighted by molar-refractivity contribution is 9.10. The van der Waals surface area contributed by atoms with Crippen molar-refractivity contribution in [1.82, 2.24) is 4.72 Å². The average molecular weight is 368 g/mol. The normalized spacial score (nSPS) is 11.7. The van der Waals surface area contributed by atoms with Crippen molar-refractivity contribution in [3.05, 3.63) is 50.6 Å². The van der Waals surface area contributed by atoms with Gasteiger partial charge in [-0.3, -0.25) is 0 Å². The molecule has 0 fully saturated rings. The largest absolute Gasteiger partial charge is 0.244 e. The van der Waals surface area contributed by atoms with Gasteiger partial charge in [0.25, 0.3) is 0 Å². The Morgan fingerprint density at radius 2 is 2.05 bits per heavy atom. The van der Waals surface area contributed by atoms with E-state index in [0.29, 0.717) is 6.07 Å². The van der Waals surface area contributed by atoms with E-state index < -0.39 is 26.6 Å². The molecule has 0 bridgehead atoms. The summed E-state index contributed by atoms with van der Waals surface area (Å²) in [5.74, 6) is -1.98. The predicted octanol–water partition coefficient (Wildman–Crippen LogP) is 3.27. The fraction of sp³-hybridized carbons (Fsp3) is 0.0909. The minimum absolute atomic E-state index is 0.0588. The van der Waals surface area contributed by atoms with Crippen LogP contribution in [-0.2, 0) is 16.6 Å². The summed E-state index contributed by atoms with van der Waals surface area (Å²) in [6.45, 7) is 0.0588. The molecule has 0 aliphatic heterocycles. The number of halogens is 3. The third-order valence-corrected chi connectivity index (χ3v) is 5.49. The summed E-state index contributed by atoms with van der Waals surface area (Å²) in [4.78, 5) is 0.202. The van der Waals surface area contributed by atoms with Crippen LogP contribution in [0.1, 0.15) is 4.88 Å². The van der Waals surface area contributed by atoms with E-state index in [1.54, 1.807) is 17.5 Å². The first kappa shape index (κ1) is 14.6. The molecule has 0 saturated carbocycles. The van der Waals surface area contributed by atoms with E-state index in [9.17, 15) is 17.2 Å². The van der Waals surface area contributed by atoms with E-state index in [4.69, 9.17) is 0 Å². The summed E-state index contributed by atoms with van der Waals surface area (Å²) < 4.78 is 52.6. The van der Waals surface area contributed by atoms with Gasteiger partial charge in [-0.05, 0) is 33.4 Å². The van der Waals surface area contributed by atoms with E-state index in [-0.39, 0.29) is 11.0 Å². The highest BCUT2D eigenvalue weighted by Gasteiger charge is 2.23. The maximum atomic E-state index is 13.6. The van der Waals surface area contributed by atoms with E-state index in [2.05, 4.69) is 20.7 Å². The van der Waals surface area contributed by atoms with Crippen molar-refractivity contribution >= 4 is 37.3 Å². The molecule has 1 heterocycles. The SMILES string of the molecule is O=S(=O)(NCc1cccs1)c1c(F)cc(F)cc1Br. The molecule has 0 aliphatic carbocycles. The molecule has 2 rings (SSSR count). The third-order valence-electron chi connectivity index (χ3n) is 2.25. The number of thiophene rings is 1. The maximum Gasteiger partial charge on any atom is 0.244 e. The van der Waals surface area contributed by atoms with Gasteiger partial charge in [0, 0.05) is 22.0 Å². The summed E-state index contributed by atoms with van der Waals surface area (Å²) in [5, 5.41) is 1.80. The molecule has 0 spiro atoms. The molecule has 0 saturated heterocycles. The van der Waals surface area contributed by atoms with Crippen LogP contribution in [0.15, 0.2) is 39.0 Å². The van der Waals surface area contributed by atoms with Crippen LogP contribution in [-0.4, -0.2) is 8.42 Å². The van der Waals surface area contributed by atoms with E-state index >= 15 is 0 Å². The molecule has 3 nitrogen and oxygen atoms in total.